The Morgan fingerprint density at radius 2 is 2.17 bits per heavy atom. The van der Waals surface area contributed by atoms with Gasteiger partial charge in [0, 0.05) is 24.1 Å². The van der Waals surface area contributed by atoms with Gasteiger partial charge >= 0.3 is 0 Å². The predicted molar refractivity (Wildman–Crippen MR) is 73.0 cm³/mol. The molecule has 0 bridgehead atoms. The van der Waals surface area contributed by atoms with Crippen LogP contribution in [0.4, 0.5) is 0 Å². The number of aliphatic hydroxyl groups is 1. The van der Waals surface area contributed by atoms with Gasteiger partial charge < -0.3 is 5.11 Å². The van der Waals surface area contributed by atoms with Crippen LogP contribution in [-0.2, 0) is 16.6 Å². The van der Waals surface area contributed by atoms with Crippen LogP contribution in [0.3, 0.4) is 0 Å². The van der Waals surface area contributed by atoms with Crippen molar-refractivity contribution in [3.05, 3.63) is 22.4 Å². The summed E-state index contributed by atoms with van der Waals surface area (Å²) in [5.41, 5.74) is 0. The molecule has 0 spiro atoms. The molecule has 0 radical (unpaired) electrons. The smallest absolute Gasteiger partial charge is 0.214 e. The molecule has 102 valence electrons. The summed E-state index contributed by atoms with van der Waals surface area (Å²) in [6.07, 6.45) is 3.04. The largest absolute Gasteiger partial charge is 0.396 e. The Kier molecular flexibility index (Phi) is 4.77. The fraction of sp³-hybridized carbons (Fsp3) is 0.667. The lowest BCUT2D eigenvalue weighted by Crippen LogP contribution is -2.34. The molecule has 1 heterocycles. The first kappa shape index (κ1) is 14.0. The molecule has 1 saturated carbocycles. The van der Waals surface area contributed by atoms with E-state index in [1.54, 1.807) is 15.6 Å². The van der Waals surface area contributed by atoms with Gasteiger partial charge in [0.05, 0.1) is 5.75 Å². The molecular formula is C12H19NO3S2. The van der Waals surface area contributed by atoms with Crippen molar-refractivity contribution in [2.24, 2.45) is 0 Å². The zero-order valence-electron chi connectivity index (χ0n) is 10.3. The third-order valence-electron chi connectivity index (χ3n) is 3.01. The van der Waals surface area contributed by atoms with Gasteiger partial charge in [-0.25, -0.2) is 8.42 Å². The maximum Gasteiger partial charge on any atom is 0.214 e. The lowest BCUT2D eigenvalue weighted by Gasteiger charge is -2.21. The molecule has 6 heteroatoms. The molecule has 2 rings (SSSR count). The Labute approximate surface area is 112 Å². The normalized spacial score (nSPS) is 16.3. The molecule has 18 heavy (non-hydrogen) atoms. The molecule has 1 aliphatic carbocycles. The molecule has 0 unspecified atom stereocenters. The molecule has 1 aliphatic rings. The van der Waals surface area contributed by atoms with Gasteiger partial charge in [0.2, 0.25) is 10.0 Å². The van der Waals surface area contributed by atoms with Crippen LogP contribution in [0.25, 0.3) is 0 Å². The van der Waals surface area contributed by atoms with Gasteiger partial charge in [0.15, 0.2) is 0 Å². The fourth-order valence-corrected chi connectivity index (χ4v) is 4.48. The molecule has 0 aliphatic heterocycles. The zero-order valence-corrected chi connectivity index (χ0v) is 11.9. The van der Waals surface area contributed by atoms with Crippen LogP contribution in [0.1, 0.15) is 30.6 Å². The Hall–Kier alpha value is -0.430. The third-order valence-corrected chi connectivity index (χ3v) is 5.82. The maximum absolute atomic E-state index is 12.3. The molecule has 1 aromatic heterocycles. The van der Waals surface area contributed by atoms with Crippen LogP contribution in [0.5, 0.6) is 0 Å². The number of hydrogen-bond acceptors (Lipinski definition) is 4. The molecule has 4 nitrogen and oxygen atoms in total. The Morgan fingerprint density at radius 3 is 2.72 bits per heavy atom. The van der Waals surface area contributed by atoms with E-state index in [9.17, 15) is 8.42 Å². The van der Waals surface area contributed by atoms with Gasteiger partial charge in [-0.2, -0.15) is 4.31 Å². The van der Waals surface area contributed by atoms with E-state index in [1.807, 2.05) is 17.5 Å². The Bertz CT molecular complexity index is 452. The van der Waals surface area contributed by atoms with Crippen molar-refractivity contribution in [3.63, 3.8) is 0 Å². The topological polar surface area (TPSA) is 57.6 Å². The highest BCUT2D eigenvalue weighted by molar-refractivity contribution is 7.89. The summed E-state index contributed by atoms with van der Waals surface area (Å²) >= 11 is 1.59. The average Bonchev–Trinajstić information content (AvgIpc) is 3.03. The van der Waals surface area contributed by atoms with Crippen molar-refractivity contribution in [2.45, 2.75) is 38.3 Å². The third kappa shape index (κ3) is 3.78. The summed E-state index contributed by atoms with van der Waals surface area (Å²) in [7, 11) is -3.18. The molecule has 0 aromatic carbocycles. The lowest BCUT2D eigenvalue weighted by molar-refractivity contribution is 0.286. The Morgan fingerprint density at radius 1 is 1.39 bits per heavy atom. The highest BCUT2D eigenvalue weighted by Crippen LogP contribution is 2.32. The van der Waals surface area contributed by atoms with Crippen LogP contribution in [-0.4, -0.2) is 36.2 Å². The second-order valence-electron chi connectivity index (χ2n) is 4.60. The van der Waals surface area contributed by atoms with Crippen LogP contribution < -0.4 is 0 Å². The molecule has 1 aromatic rings. The van der Waals surface area contributed by atoms with Gasteiger partial charge in [-0.3, -0.25) is 0 Å². The minimum atomic E-state index is -3.18. The van der Waals surface area contributed by atoms with Crippen molar-refractivity contribution < 1.29 is 13.5 Å². The van der Waals surface area contributed by atoms with Crippen LogP contribution in [0.2, 0.25) is 0 Å². The van der Waals surface area contributed by atoms with Crippen LogP contribution in [0.15, 0.2) is 17.5 Å². The number of nitrogens with zero attached hydrogens (tertiary/aromatic N) is 1. The van der Waals surface area contributed by atoms with Crippen molar-refractivity contribution >= 4 is 21.4 Å². The fourth-order valence-electron chi connectivity index (χ4n) is 1.89. The standard InChI is InChI=1S/C12H19NO3S2/c14-7-1-2-9-18(15,16)13(11-5-6-11)10-12-4-3-8-17-12/h3-4,8,11,14H,1-2,5-7,9-10H2. The first-order valence-electron chi connectivity index (χ1n) is 6.26. The van der Waals surface area contributed by atoms with E-state index >= 15 is 0 Å². The van der Waals surface area contributed by atoms with Gasteiger partial charge in [0.25, 0.3) is 0 Å². The average molecular weight is 289 g/mol. The van der Waals surface area contributed by atoms with E-state index < -0.39 is 10.0 Å². The molecule has 1 fully saturated rings. The van der Waals surface area contributed by atoms with Crippen molar-refractivity contribution in [2.75, 3.05) is 12.4 Å². The highest BCUT2D eigenvalue weighted by atomic mass is 32.2. The van der Waals surface area contributed by atoms with E-state index in [0.717, 1.165) is 17.7 Å². The molecule has 1 N–H and O–H groups in total. The second-order valence-corrected chi connectivity index (χ2v) is 7.68. The van der Waals surface area contributed by atoms with Gasteiger partial charge in [-0.15, -0.1) is 11.3 Å². The Balaban J connectivity index is 2.00. The van der Waals surface area contributed by atoms with E-state index in [1.165, 1.54) is 0 Å². The van der Waals surface area contributed by atoms with E-state index in [2.05, 4.69) is 0 Å². The number of thiophene rings is 1. The number of unbranched alkanes of at least 4 members (excludes halogenated alkanes) is 1. The monoisotopic (exact) mass is 289 g/mol. The molecule has 0 amide bonds. The predicted octanol–water partition coefficient (Wildman–Crippen LogP) is 1.81. The molecule has 0 saturated heterocycles. The van der Waals surface area contributed by atoms with E-state index in [4.69, 9.17) is 5.11 Å². The molecule has 0 atom stereocenters. The van der Waals surface area contributed by atoms with Gasteiger partial charge in [-0.05, 0) is 37.1 Å². The zero-order chi connectivity index (χ0) is 13.0. The van der Waals surface area contributed by atoms with Crippen molar-refractivity contribution in [1.82, 2.24) is 4.31 Å². The number of hydrogen-bond donors (Lipinski definition) is 1. The second kappa shape index (κ2) is 6.14. The summed E-state index contributed by atoms with van der Waals surface area (Å²) in [5.74, 6) is 0.148. The van der Waals surface area contributed by atoms with Crippen LogP contribution in [0, 0.1) is 0 Å². The van der Waals surface area contributed by atoms with E-state index in [0.29, 0.717) is 19.4 Å². The van der Waals surface area contributed by atoms with Crippen molar-refractivity contribution in [1.29, 1.82) is 0 Å². The number of aliphatic hydroxyl groups excluding tert-OH is 1. The molecular weight excluding hydrogens is 270 g/mol. The van der Waals surface area contributed by atoms with Gasteiger partial charge in [-0.1, -0.05) is 6.07 Å². The van der Waals surface area contributed by atoms with E-state index in [-0.39, 0.29) is 18.4 Å². The van der Waals surface area contributed by atoms with Crippen LogP contribution >= 0.6 is 11.3 Å². The summed E-state index contributed by atoms with van der Waals surface area (Å²) in [4.78, 5) is 1.09. The minimum absolute atomic E-state index is 0.0594. The SMILES string of the molecule is O=S(=O)(CCCCO)N(Cc1cccs1)C1CC1. The summed E-state index contributed by atoms with van der Waals surface area (Å²) < 4.78 is 26.2. The first-order chi connectivity index (χ1) is 8.63. The summed E-state index contributed by atoms with van der Waals surface area (Å²) in [6.45, 7) is 0.563. The first-order valence-corrected chi connectivity index (χ1v) is 8.75. The maximum atomic E-state index is 12.3. The lowest BCUT2D eigenvalue weighted by atomic mass is 10.4. The van der Waals surface area contributed by atoms with Crippen molar-refractivity contribution in [3.8, 4) is 0 Å². The summed E-state index contributed by atoms with van der Waals surface area (Å²) in [6, 6.07) is 4.12. The number of sulfonamides is 1. The summed E-state index contributed by atoms with van der Waals surface area (Å²) in [5, 5.41) is 10.7. The van der Waals surface area contributed by atoms with Gasteiger partial charge in [0.1, 0.15) is 0 Å². The highest BCUT2D eigenvalue weighted by Gasteiger charge is 2.36. The number of rotatable bonds is 8. The minimum Gasteiger partial charge on any atom is -0.396 e. The quantitative estimate of drug-likeness (QED) is 0.743.